The van der Waals surface area contributed by atoms with Crippen LogP contribution in [0.5, 0.6) is 0 Å². The molecule has 0 radical (unpaired) electrons. The smallest absolute Gasteiger partial charge is 0.235 e. The number of nitrogens with zero attached hydrogens (tertiary/aromatic N) is 3. The van der Waals surface area contributed by atoms with E-state index >= 15 is 4.57 Å². The van der Waals surface area contributed by atoms with Gasteiger partial charge in [-0.3, -0.25) is 4.57 Å². The van der Waals surface area contributed by atoms with Gasteiger partial charge >= 0.3 is 0 Å². The summed E-state index contributed by atoms with van der Waals surface area (Å²) in [6, 6.07) is 62.9. The van der Waals surface area contributed by atoms with Crippen molar-refractivity contribution in [1.29, 1.82) is 0 Å². The molecule has 11 rings (SSSR count). The van der Waals surface area contributed by atoms with Crippen molar-refractivity contribution in [1.82, 2.24) is 14.5 Å². The summed E-state index contributed by atoms with van der Waals surface area (Å²) in [7, 11) is -3.11. The largest absolute Gasteiger partial charge is 0.309 e. The summed E-state index contributed by atoms with van der Waals surface area (Å²) < 4.78 is 17.6. The number of rotatable bonds is 4. The minimum Gasteiger partial charge on any atom is -0.309 e. The molecule has 10 aromatic rings. The van der Waals surface area contributed by atoms with Crippen LogP contribution >= 0.6 is 7.14 Å². The summed E-state index contributed by atoms with van der Waals surface area (Å²) in [6.45, 7) is 0. The average molecular weight is 696 g/mol. The Morgan fingerprint density at radius 2 is 1.11 bits per heavy atom. The van der Waals surface area contributed by atoms with Gasteiger partial charge in [0.05, 0.1) is 22.2 Å². The molecule has 0 saturated carbocycles. The fraction of sp³-hybridized carbons (Fsp3) is 0. The Hall–Kier alpha value is -6.61. The lowest BCUT2D eigenvalue weighted by molar-refractivity contribution is 0.593. The quantitative estimate of drug-likeness (QED) is 0.172. The molecular formula is C48H30N3OP. The monoisotopic (exact) mass is 695 g/mol. The van der Waals surface area contributed by atoms with E-state index in [4.69, 9.17) is 9.97 Å². The van der Waals surface area contributed by atoms with E-state index in [2.05, 4.69) is 126 Å². The molecule has 0 amide bonds. The third kappa shape index (κ3) is 4.46. The minimum absolute atomic E-state index is 0.598. The number of benzene rings is 8. The Morgan fingerprint density at radius 1 is 0.434 bits per heavy atom. The molecule has 1 aliphatic heterocycles. The van der Waals surface area contributed by atoms with Gasteiger partial charge in [-0.1, -0.05) is 152 Å². The Labute approximate surface area is 306 Å². The van der Waals surface area contributed by atoms with E-state index in [0.29, 0.717) is 5.95 Å². The molecule has 248 valence electrons. The molecule has 8 aromatic carbocycles. The molecule has 5 heteroatoms. The Kier molecular flexibility index (Phi) is 6.49. The predicted octanol–water partition coefficient (Wildman–Crippen LogP) is 10.8. The van der Waals surface area contributed by atoms with Crippen molar-refractivity contribution in [2.45, 2.75) is 0 Å². The van der Waals surface area contributed by atoms with E-state index in [9.17, 15) is 0 Å². The van der Waals surface area contributed by atoms with Gasteiger partial charge in [-0.2, -0.15) is 0 Å². The zero-order valence-corrected chi connectivity index (χ0v) is 29.4. The minimum atomic E-state index is -3.11. The highest BCUT2D eigenvalue weighted by Gasteiger charge is 2.40. The maximum absolute atomic E-state index is 15.4. The van der Waals surface area contributed by atoms with Crippen molar-refractivity contribution in [3.05, 3.63) is 182 Å². The molecule has 0 spiro atoms. The SMILES string of the molecule is O=P1(c2ccccc2)c2ccccc2-c2cc3c(cc21)c1ccccc1n3-c1nc(-c2ccc(-c3ccc4ccccc4c3)cc2)c2ccccc2n1. The van der Waals surface area contributed by atoms with Crippen LogP contribution in [0.2, 0.25) is 0 Å². The second-order valence-corrected chi connectivity index (χ2v) is 16.4. The Bertz CT molecular complexity index is 3150. The molecule has 1 aliphatic rings. The molecule has 0 saturated heterocycles. The van der Waals surface area contributed by atoms with Crippen LogP contribution in [-0.2, 0) is 4.57 Å². The van der Waals surface area contributed by atoms with Gasteiger partial charge in [-0.25, -0.2) is 9.97 Å². The van der Waals surface area contributed by atoms with Gasteiger partial charge in [-0.05, 0) is 63.4 Å². The topological polar surface area (TPSA) is 47.8 Å². The molecule has 4 nitrogen and oxygen atoms in total. The van der Waals surface area contributed by atoms with Crippen LogP contribution in [-0.4, -0.2) is 14.5 Å². The molecule has 53 heavy (non-hydrogen) atoms. The van der Waals surface area contributed by atoms with Crippen LogP contribution in [0.25, 0.3) is 82.9 Å². The van der Waals surface area contributed by atoms with Gasteiger partial charge in [-0.15, -0.1) is 0 Å². The zero-order valence-electron chi connectivity index (χ0n) is 28.5. The van der Waals surface area contributed by atoms with Gasteiger partial charge in [0.25, 0.3) is 0 Å². The number of aromatic nitrogens is 3. The van der Waals surface area contributed by atoms with E-state index in [1.54, 1.807) is 0 Å². The van der Waals surface area contributed by atoms with Gasteiger partial charge in [0.1, 0.15) is 0 Å². The molecule has 2 aromatic heterocycles. The fourth-order valence-corrected chi connectivity index (χ4v) is 11.4. The lowest BCUT2D eigenvalue weighted by atomic mass is 9.99. The van der Waals surface area contributed by atoms with Gasteiger partial charge in [0, 0.05) is 37.6 Å². The van der Waals surface area contributed by atoms with Crippen molar-refractivity contribution >= 4 is 66.5 Å². The van der Waals surface area contributed by atoms with Crippen LogP contribution in [0.3, 0.4) is 0 Å². The van der Waals surface area contributed by atoms with Crippen molar-refractivity contribution in [3.63, 3.8) is 0 Å². The summed E-state index contributed by atoms with van der Waals surface area (Å²) in [5.41, 5.74) is 9.10. The average Bonchev–Trinajstić information content (AvgIpc) is 3.69. The summed E-state index contributed by atoms with van der Waals surface area (Å²) in [5.74, 6) is 0.598. The summed E-state index contributed by atoms with van der Waals surface area (Å²) in [5, 5.41) is 8.17. The van der Waals surface area contributed by atoms with E-state index in [-0.39, 0.29) is 0 Å². The van der Waals surface area contributed by atoms with E-state index < -0.39 is 7.14 Å². The molecule has 0 N–H and O–H groups in total. The van der Waals surface area contributed by atoms with Crippen molar-refractivity contribution in [2.75, 3.05) is 0 Å². The second-order valence-electron chi connectivity index (χ2n) is 13.7. The number of fused-ring (bicyclic) bond motifs is 8. The molecular weight excluding hydrogens is 666 g/mol. The third-order valence-electron chi connectivity index (χ3n) is 10.8. The lowest BCUT2D eigenvalue weighted by Gasteiger charge is -2.16. The first kappa shape index (κ1) is 30.1. The maximum atomic E-state index is 15.4. The molecule has 3 heterocycles. The van der Waals surface area contributed by atoms with E-state index in [0.717, 1.165) is 76.6 Å². The molecule has 1 unspecified atom stereocenters. The van der Waals surface area contributed by atoms with Crippen LogP contribution in [0.1, 0.15) is 0 Å². The number of hydrogen-bond donors (Lipinski definition) is 0. The first-order chi connectivity index (χ1) is 26.1. The number of para-hydroxylation sites is 2. The summed E-state index contributed by atoms with van der Waals surface area (Å²) in [6.07, 6.45) is 0. The van der Waals surface area contributed by atoms with Crippen LogP contribution in [0.4, 0.5) is 0 Å². The molecule has 1 atom stereocenters. The Morgan fingerprint density at radius 3 is 1.98 bits per heavy atom. The second kappa shape index (κ2) is 11.4. The van der Waals surface area contributed by atoms with Crippen LogP contribution in [0, 0.1) is 0 Å². The highest BCUT2D eigenvalue weighted by Crippen LogP contribution is 2.53. The third-order valence-corrected chi connectivity index (χ3v) is 14.0. The van der Waals surface area contributed by atoms with Crippen molar-refractivity contribution in [2.24, 2.45) is 0 Å². The zero-order chi connectivity index (χ0) is 35.1. The van der Waals surface area contributed by atoms with Crippen molar-refractivity contribution in [3.8, 4) is 39.5 Å². The van der Waals surface area contributed by atoms with Gasteiger partial charge < -0.3 is 4.57 Å². The van der Waals surface area contributed by atoms with Gasteiger partial charge in [0.2, 0.25) is 5.95 Å². The van der Waals surface area contributed by atoms with E-state index in [1.807, 2.05) is 60.7 Å². The molecule has 0 fully saturated rings. The maximum Gasteiger partial charge on any atom is 0.235 e. The van der Waals surface area contributed by atoms with Crippen LogP contribution < -0.4 is 15.9 Å². The van der Waals surface area contributed by atoms with Crippen LogP contribution in [0.15, 0.2) is 182 Å². The van der Waals surface area contributed by atoms with Gasteiger partial charge in [0.15, 0.2) is 7.14 Å². The van der Waals surface area contributed by atoms with E-state index in [1.165, 1.54) is 16.3 Å². The Balaban J connectivity index is 1.12. The first-order valence-corrected chi connectivity index (χ1v) is 19.6. The molecule has 0 bridgehead atoms. The first-order valence-electron chi connectivity index (χ1n) is 17.9. The lowest BCUT2D eigenvalue weighted by Crippen LogP contribution is -2.20. The number of hydrogen-bond acceptors (Lipinski definition) is 3. The predicted molar refractivity (Wildman–Crippen MR) is 221 cm³/mol. The summed E-state index contributed by atoms with van der Waals surface area (Å²) >= 11 is 0. The summed E-state index contributed by atoms with van der Waals surface area (Å²) in [4.78, 5) is 10.6. The normalized spacial score (nSPS) is 14.9. The van der Waals surface area contributed by atoms with Crippen molar-refractivity contribution < 1.29 is 4.57 Å². The standard InChI is InChI=1S/C48H30N3OP/c52-53(36-14-2-1-3-15-36)45-21-11-8-17-38(45)41-29-44-40(30-46(41)53)37-16-7-10-20-43(37)51(44)48-49-42-19-9-6-18-39(42)47(50-48)33-25-22-32(23-26-33)35-27-24-31-12-4-5-13-34(31)28-35/h1-30H. The highest BCUT2D eigenvalue weighted by atomic mass is 31.2. The highest BCUT2D eigenvalue weighted by molar-refractivity contribution is 7.86. The molecule has 0 aliphatic carbocycles. The fourth-order valence-electron chi connectivity index (χ4n) is 8.29.